The Morgan fingerprint density at radius 1 is 1.12 bits per heavy atom. The maximum Gasteiger partial charge on any atom is 0.00872 e. The van der Waals surface area contributed by atoms with Crippen molar-refractivity contribution in [2.24, 2.45) is 5.41 Å². The molecule has 0 aromatic carbocycles. The van der Waals surface area contributed by atoms with Gasteiger partial charge in [-0.25, -0.2) is 0 Å². The van der Waals surface area contributed by atoms with Crippen LogP contribution in [0.2, 0.25) is 0 Å². The molecule has 0 heterocycles. The Labute approximate surface area is 107 Å². The van der Waals surface area contributed by atoms with E-state index >= 15 is 0 Å². The van der Waals surface area contributed by atoms with Gasteiger partial charge in [-0.3, -0.25) is 0 Å². The molecule has 0 aliphatic heterocycles. The van der Waals surface area contributed by atoms with Crippen molar-refractivity contribution in [3.8, 4) is 0 Å². The molecule has 16 heavy (non-hydrogen) atoms. The Morgan fingerprint density at radius 3 is 2.12 bits per heavy atom. The van der Waals surface area contributed by atoms with Gasteiger partial charge in [-0.1, -0.05) is 33.1 Å². The third kappa shape index (κ3) is 3.66. The van der Waals surface area contributed by atoms with E-state index in [0.717, 1.165) is 11.8 Å². The molecule has 0 unspecified atom stereocenters. The van der Waals surface area contributed by atoms with Crippen LogP contribution in [0.5, 0.6) is 0 Å². The molecule has 0 amide bonds. The monoisotopic (exact) mass is 243 g/mol. The van der Waals surface area contributed by atoms with E-state index in [1.165, 1.54) is 51.5 Å². The first kappa shape index (κ1) is 14.4. The van der Waals surface area contributed by atoms with E-state index in [1.807, 2.05) is 0 Å². The first-order valence-corrected chi connectivity index (χ1v) is 7.62. The molecular weight excluding hydrogens is 214 g/mol. The predicted octanol–water partition coefficient (Wildman–Crippen LogP) is 3.99. The smallest absolute Gasteiger partial charge is 0.00872 e. The van der Waals surface area contributed by atoms with Gasteiger partial charge in [0.05, 0.1) is 0 Å². The molecule has 0 N–H and O–H groups in total. The van der Waals surface area contributed by atoms with E-state index in [4.69, 9.17) is 0 Å². The van der Waals surface area contributed by atoms with E-state index < -0.39 is 0 Å². The third-order valence-electron chi connectivity index (χ3n) is 4.40. The summed E-state index contributed by atoms with van der Waals surface area (Å²) >= 11 is 4.62. The number of thiol groups is 1. The van der Waals surface area contributed by atoms with Crippen LogP contribution >= 0.6 is 12.6 Å². The zero-order valence-corrected chi connectivity index (χ0v) is 12.2. The molecule has 0 saturated heterocycles. The van der Waals surface area contributed by atoms with Crippen molar-refractivity contribution in [2.75, 3.05) is 19.3 Å². The summed E-state index contributed by atoms with van der Waals surface area (Å²) in [5.74, 6) is 1.07. The van der Waals surface area contributed by atoms with Crippen molar-refractivity contribution in [3.63, 3.8) is 0 Å². The summed E-state index contributed by atoms with van der Waals surface area (Å²) < 4.78 is 0. The lowest BCUT2D eigenvalue weighted by atomic mass is 9.75. The number of hydrogen-bond acceptors (Lipinski definition) is 2. The molecule has 1 nitrogen and oxygen atoms in total. The number of hydrogen-bond donors (Lipinski definition) is 1. The zero-order valence-electron chi connectivity index (χ0n) is 11.3. The van der Waals surface area contributed by atoms with Crippen LogP contribution in [-0.2, 0) is 0 Å². The summed E-state index contributed by atoms with van der Waals surface area (Å²) in [5.41, 5.74) is 0.513. The van der Waals surface area contributed by atoms with Crippen molar-refractivity contribution < 1.29 is 0 Å². The van der Waals surface area contributed by atoms with Crippen molar-refractivity contribution in [1.29, 1.82) is 0 Å². The highest BCUT2D eigenvalue weighted by Crippen LogP contribution is 2.38. The molecule has 1 aliphatic carbocycles. The summed E-state index contributed by atoms with van der Waals surface area (Å²) in [4.78, 5) is 2.58. The fourth-order valence-corrected chi connectivity index (χ4v) is 3.65. The number of rotatable bonds is 6. The predicted molar refractivity (Wildman–Crippen MR) is 76.4 cm³/mol. The van der Waals surface area contributed by atoms with Crippen LogP contribution in [0.1, 0.15) is 58.8 Å². The Hall–Kier alpha value is 0.310. The number of nitrogens with zero attached hydrogens (tertiary/aromatic N) is 1. The average Bonchev–Trinajstić information content (AvgIpc) is 2.32. The van der Waals surface area contributed by atoms with Crippen molar-refractivity contribution in [1.82, 2.24) is 4.90 Å². The Morgan fingerprint density at radius 2 is 1.69 bits per heavy atom. The molecule has 0 radical (unpaired) electrons. The highest BCUT2D eigenvalue weighted by Gasteiger charge is 2.32. The summed E-state index contributed by atoms with van der Waals surface area (Å²) in [6.07, 6.45) is 9.59. The fourth-order valence-electron chi connectivity index (χ4n) is 3.24. The lowest BCUT2D eigenvalue weighted by Gasteiger charge is -2.41. The molecule has 0 aromatic heterocycles. The second-order valence-electron chi connectivity index (χ2n) is 5.60. The maximum absolute atomic E-state index is 4.62. The summed E-state index contributed by atoms with van der Waals surface area (Å²) in [5, 5.41) is 0. The molecule has 1 rings (SSSR count). The highest BCUT2D eigenvalue weighted by atomic mass is 32.1. The minimum atomic E-state index is 0.513. The largest absolute Gasteiger partial charge is 0.303 e. The van der Waals surface area contributed by atoms with E-state index in [1.54, 1.807) is 0 Å². The molecule has 1 aliphatic rings. The summed E-state index contributed by atoms with van der Waals surface area (Å²) in [7, 11) is 2.30. The Balaban J connectivity index is 2.54. The van der Waals surface area contributed by atoms with Gasteiger partial charge in [-0.2, -0.15) is 12.6 Å². The quantitative estimate of drug-likeness (QED) is 0.690. The van der Waals surface area contributed by atoms with Gasteiger partial charge in [-0.05, 0) is 43.9 Å². The first-order valence-electron chi connectivity index (χ1n) is 6.98. The van der Waals surface area contributed by atoms with Crippen molar-refractivity contribution in [3.05, 3.63) is 0 Å². The van der Waals surface area contributed by atoms with Gasteiger partial charge in [0.1, 0.15) is 0 Å². The van der Waals surface area contributed by atoms with Crippen molar-refractivity contribution in [2.45, 2.75) is 64.8 Å². The van der Waals surface area contributed by atoms with E-state index in [2.05, 4.69) is 38.4 Å². The van der Waals surface area contributed by atoms with E-state index in [0.29, 0.717) is 5.41 Å². The standard InChI is InChI=1S/C14H29NS/c1-4-13(5-2)15(3)11-14(12-16)9-7-6-8-10-14/h13,16H,4-12H2,1-3H3. The van der Waals surface area contributed by atoms with Crippen LogP contribution in [0.3, 0.4) is 0 Å². The SMILES string of the molecule is CCC(CC)N(C)CC1(CS)CCCCC1. The van der Waals surface area contributed by atoms with Crippen LogP contribution < -0.4 is 0 Å². The summed E-state index contributed by atoms with van der Waals surface area (Å²) in [6, 6.07) is 0.763. The van der Waals surface area contributed by atoms with Gasteiger partial charge < -0.3 is 4.90 Å². The van der Waals surface area contributed by atoms with Gasteiger partial charge in [-0.15, -0.1) is 0 Å². The molecular formula is C14H29NS. The van der Waals surface area contributed by atoms with Crippen molar-refractivity contribution >= 4 is 12.6 Å². The van der Waals surface area contributed by atoms with Crippen LogP contribution in [0.15, 0.2) is 0 Å². The van der Waals surface area contributed by atoms with Gasteiger partial charge in [0.15, 0.2) is 0 Å². The van der Waals surface area contributed by atoms with E-state index in [9.17, 15) is 0 Å². The normalized spacial score (nSPS) is 20.6. The van der Waals surface area contributed by atoms with Crippen LogP contribution in [0, 0.1) is 5.41 Å². The molecule has 0 bridgehead atoms. The lowest BCUT2D eigenvalue weighted by Crippen LogP contribution is -2.43. The Kier molecular flexibility index (Phi) is 6.20. The topological polar surface area (TPSA) is 3.24 Å². The highest BCUT2D eigenvalue weighted by molar-refractivity contribution is 7.80. The second kappa shape index (κ2) is 6.90. The first-order chi connectivity index (χ1) is 7.67. The molecule has 1 fully saturated rings. The molecule has 96 valence electrons. The molecule has 0 atom stereocenters. The van der Waals surface area contributed by atoms with Gasteiger partial charge >= 0.3 is 0 Å². The molecule has 2 heteroatoms. The average molecular weight is 243 g/mol. The second-order valence-corrected chi connectivity index (χ2v) is 5.92. The Bertz CT molecular complexity index is 183. The zero-order chi connectivity index (χ0) is 12.0. The van der Waals surface area contributed by atoms with Gasteiger partial charge in [0.2, 0.25) is 0 Å². The molecule has 0 spiro atoms. The third-order valence-corrected chi connectivity index (χ3v) is 5.07. The minimum Gasteiger partial charge on any atom is -0.303 e. The molecule has 1 saturated carbocycles. The van der Waals surface area contributed by atoms with E-state index in [-0.39, 0.29) is 0 Å². The molecule has 0 aromatic rings. The minimum absolute atomic E-state index is 0.513. The van der Waals surface area contributed by atoms with Gasteiger partial charge in [0, 0.05) is 12.6 Å². The summed E-state index contributed by atoms with van der Waals surface area (Å²) in [6.45, 7) is 5.86. The van der Waals surface area contributed by atoms with Gasteiger partial charge in [0.25, 0.3) is 0 Å². The van der Waals surface area contributed by atoms with Crippen LogP contribution in [0.4, 0.5) is 0 Å². The lowest BCUT2D eigenvalue weighted by molar-refractivity contribution is 0.110. The fraction of sp³-hybridized carbons (Fsp3) is 1.00. The van der Waals surface area contributed by atoms with Crippen LogP contribution in [0.25, 0.3) is 0 Å². The maximum atomic E-state index is 4.62. The van der Waals surface area contributed by atoms with Crippen LogP contribution in [-0.4, -0.2) is 30.3 Å².